The Labute approximate surface area is 116 Å². The van der Waals surface area contributed by atoms with Gasteiger partial charge in [0, 0.05) is 32.2 Å². The lowest BCUT2D eigenvalue weighted by molar-refractivity contribution is -0.385. The Bertz CT molecular complexity index is 582. The van der Waals surface area contributed by atoms with Crippen LogP contribution in [0.5, 0.6) is 0 Å². The van der Waals surface area contributed by atoms with E-state index in [4.69, 9.17) is 4.52 Å². The van der Waals surface area contributed by atoms with Gasteiger partial charge in [-0.05, 0) is 18.6 Å². The number of nitro benzene ring substituents is 1. The molecule has 8 heteroatoms. The van der Waals surface area contributed by atoms with Crippen LogP contribution < -0.4 is 0 Å². The molecular weight excluding hydrogens is 281 g/mol. The van der Waals surface area contributed by atoms with Crippen LogP contribution in [-0.2, 0) is 15.7 Å². The largest absolute Gasteiger partial charge is 0.346 e. The number of hydrogen-bond donors (Lipinski definition) is 0. The van der Waals surface area contributed by atoms with Gasteiger partial charge in [-0.3, -0.25) is 14.7 Å². The lowest BCUT2D eigenvalue weighted by atomic mass is 10.1. The second kappa shape index (κ2) is 4.93. The Morgan fingerprint density at radius 2 is 1.90 bits per heavy atom. The first-order valence-corrected chi connectivity index (χ1v) is 8.03. The van der Waals surface area contributed by atoms with Gasteiger partial charge in [0.2, 0.25) is 0 Å². The molecule has 1 aromatic rings. The molecule has 2 fully saturated rings. The molecular formula is C12H16N3O4P. The summed E-state index contributed by atoms with van der Waals surface area (Å²) in [5.74, 6) is 0. The molecule has 3 rings (SSSR count). The van der Waals surface area contributed by atoms with Crippen molar-refractivity contribution in [1.82, 2.24) is 9.34 Å². The first kappa shape index (κ1) is 13.7. The number of aryl methyl sites for hydroxylation is 1. The van der Waals surface area contributed by atoms with Crippen molar-refractivity contribution in [2.75, 3.05) is 26.2 Å². The highest BCUT2D eigenvalue weighted by Gasteiger charge is 2.49. The smallest absolute Gasteiger partial charge is 0.301 e. The van der Waals surface area contributed by atoms with E-state index >= 15 is 0 Å². The van der Waals surface area contributed by atoms with Gasteiger partial charge in [0.15, 0.2) is 0 Å². The molecule has 108 valence electrons. The second-order valence-electron chi connectivity index (χ2n) is 5.06. The molecule has 2 heterocycles. The normalized spacial score (nSPS) is 19.1. The summed E-state index contributed by atoms with van der Waals surface area (Å²) in [6.45, 7) is 4.87. The van der Waals surface area contributed by atoms with E-state index in [-0.39, 0.29) is 12.3 Å². The van der Waals surface area contributed by atoms with E-state index < -0.39 is 12.6 Å². The number of nitrogens with zero attached hydrogens (tertiary/aromatic N) is 3. The van der Waals surface area contributed by atoms with Gasteiger partial charge in [-0.15, -0.1) is 0 Å². The summed E-state index contributed by atoms with van der Waals surface area (Å²) >= 11 is 0. The van der Waals surface area contributed by atoms with E-state index in [1.54, 1.807) is 28.4 Å². The Morgan fingerprint density at radius 1 is 1.30 bits per heavy atom. The van der Waals surface area contributed by atoms with Gasteiger partial charge in [-0.25, -0.2) is 9.34 Å². The number of hydrogen-bond acceptors (Lipinski definition) is 4. The maximum atomic E-state index is 12.7. The van der Waals surface area contributed by atoms with E-state index in [2.05, 4.69) is 0 Å². The van der Waals surface area contributed by atoms with Crippen molar-refractivity contribution in [3.05, 3.63) is 39.4 Å². The summed E-state index contributed by atoms with van der Waals surface area (Å²) in [4.78, 5) is 10.6. The minimum Gasteiger partial charge on any atom is -0.301 e. The third-order valence-corrected chi connectivity index (χ3v) is 6.08. The summed E-state index contributed by atoms with van der Waals surface area (Å²) in [5, 5.41) is 11.1. The fourth-order valence-corrected chi connectivity index (χ4v) is 4.24. The van der Waals surface area contributed by atoms with E-state index in [9.17, 15) is 14.7 Å². The van der Waals surface area contributed by atoms with Crippen molar-refractivity contribution >= 4 is 13.4 Å². The zero-order valence-corrected chi connectivity index (χ0v) is 12.1. The van der Waals surface area contributed by atoms with Crippen molar-refractivity contribution in [3.8, 4) is 0 Å². The van der Waals surface area contributed by atoms with Crippen LogP contribution in [0.25, 0.3) is 0 Å². The Morgan fingerprint density at radius 3 is 2.40 bits per heavy atom. The van der Waals surface area contributed by atoms with Crippen molar-refractivity contribution in [2.45, 2.75) is 13.5 Å². The van der Waals surface area contributed by atoms with Crippen LogP contribution in [0.2, 0.25) is 0 Å². The highest BCUT2D eigenvalue weighted by molar-refractivity contribution is 7.54. The zero-order chi connectivity index (χ0) is 14.3. The molecule has 0 bridgehead atoms. The lowest BCUT2D eigenvalue weighted by Crippen LogP contribution is -2.08. The SMILES string of the molecule is Cc1ccc(COP(=O)(N2CC2)N2CC2)c([N+](=O)[O-])c1. The minimum atomic E-state index is -2.92. The Kier molecular flexibility index (Phi) is 3.38. The lowest BCUT2D eigenvalue weighted by Gasteiger charge is -2.19. The highest BCUT2D eigenvalue weighted by Crippen LogP contribution is 2.61. The third kappa shape index (κ3) is 2.62. The molecule has 2 aliphatic heterocycles. The maximum absolute atomic E-state index is 12.7. The van der Waals surface area contributed by atoms with Crippen molar-refractivity contribution < 1.29 is 14.0 Å². The van der Waals surface area contributed by atoms with Gasteiger partial charge in [-0.2, -0.15) is 0 Å². The predicted molar refractivity (Wildman–Crippen MR) is 73.4 cm³/mol. The van der Waals surface area contributed by atoms with Crippen LogP contribution in [0.1, 0.15) is 11.1 Å². The fourth-order valence-electron chi connectivity index (χ4n) is 2.06. The molecule has 0 spiro atoms. The van der Waals surface area contributed by atoms with E-state index in [1.807, 2.05) is 0 Å². The molecule has 2 saturated heterocycles. The molecule has 7 nitrogen and oxygen atoms in total. The fraction of sp³-hybridized carbons (Fsp3) is 0.500. The standard InChI is InChI=1S/C12H16N3O4P/c1-10-2-3-11(12(8-10)15(16)17)9-19-20(18,13-4-5-13)14-6-7-14/h2-3,8H,4-7,9H2,1H3. The van der Waals surface area contributed by atoms with Gasteiger partial charge < -0.3 is 4.52 Å². The molecule has 0 unspecified atom stereocenters. The van der Waals surface area contributed by atoms with Gasteiger partial charge in [0.25, 0.3) is 5.69 Å². The van der Waals surface area contributed by atoms with Crippen LogP contribution in [0.15, 0.2) is 18.2 Å². The molecule has 2 aliphatic rings. The summed E-state index contributed by atoms with van der Waals surface area (Å²) in [6, 6.07) is 4.98. The van der Waals surface area contributed by atoms with Crippen molar-refractivity contribution in [3.63, 3.8) is 0 Å². The maximum Gasteiger partial charge on any atom is 0.346 e. The van der Waals surface area contributed by atoms with E-state index in [0.29, 0.717) is 5.56 Å². The first-order chi connectivity index (χ1) is 9.50. The van der Waals surface area contributed by atoms with E-state index in [1.165, 1.54) is 6.07 Å². The molecule has 0 aromatic heterocycles. The van der Waals surface area contributed by atoms with Crippen LogP contribution in [0.3, 0.4) is 0 Å². The molecule has 0 N–H and O–H groups in total. The summed E-state index contributed by atoms with van der Waals surface area (Å²) in [7, 11) is -2.92. The highest BCUT2D eigenvalue weighted by atomic mass is 31.2. The average Bonchev–Trinajstić information content (AvgIpc) is 3.29. The summed E-state index contributed by atoms with van der Waals surface area (Å²) in [5.41, 5.74) is 1.30. The van der Waals surface area contributed by atoms with Crippen LogP contribution in [0.4, 0.5) is 5.69 Å². The number of nitro groups is 1. The number of rotatable bonds is 6. The molecule has 20 heavy (non-hydrogen) atoms. The molecule has 0 radical (unpaired) electrons. The average molecular weight is 297 g/mol. The minimum absolute atomic E-state index is 0.000864. The molecule has 0 saturated carbocycles. The molecule has 0 atom stereocenters. The van der Waals surface area contributed by atoms with Crippen molar-refractivity contribution in [2.24, 2.45) is 0 Å². The van der Waals surface area contributed by atoms with Crippen LogP contribution >= 0.6 is 7.67 Å². The van der Waals surface area contributed by atoms with Gasteiger partial charge >= 0.3 is 7.67 Å². The predicted octanol–water partition coefficient (Wildman–Crippen LogP) is 2.16. The summed E-state index contributed by atoms with van der Waals surface area (Å²) < 4.78 is 21.9. The first-order valence-electron chi connectivity index (χ1n) is 6.50. The van der Waals surface area contributed by atoms with E-state index in [0.717, 1.165) is 31.7 Å². The summed E-state index contributed by atoms with van der Waals surface area (Å²) in [6.07, 6.45) is 0. The quantitative estimate of drug-likeness (QED) is 0.346. The second-order valence-corrected chi connectivity index (χ2v) is 7.43. The Balaban J connectivity index is 1.78. The van der Waals surface area contributed by atoms with Crippen LogP contribution in [-0.4, -0.2) is 40.4 Å². The number of benzene rings is 1. The Hall–Kier alpha value is -1.27. The molecule has 0 aliphatic carbocycles. The van der Waals surface area contributed by atoms with Crippen LogP contribution in [0, 0.1) is 17.0 Å². The zero-order valence-electron chi connectivity index (χ0n) is 11.2. The van der Waals surface area contributed by atoms with Gasteiger partial charge in [0.05, 0.1) is 17.1 Å². The van der Waals surface area contributed by atoms with Gasteiger partial charge in [-0.1, -0.05) is 6.07 Å². The van der Waals surface area contributed by atoms with Crippen molar-refractivity contribution in [1.29, 1.82) is 0 Å². The topological polar surface area (TPSA) is 75.5 Å². The van der Waals surface area contributed by atoms with Gasteiger partial charge in [0.1, 0.15) is 0 Å². The molecule has 0 amide bonds. The third-order valence-electron chi connectivity index (χ3n) is 3.39. The monoisotopic (exact) mass is 297 g/mol. The molecule has 1 aromatic carbocycles.